The molecule has 0 spiro atoms. The van der Waals surface area contributed by atoms with Crippen molar-refractivity contribution < 1.29 is 9.53 Å². The maximum absolute atomic E-state index is 12.6. The van der Waals surface area contributed by atoms with E-state index in [1.807, 2.05) is 36.4 Å². The molecule has 0 aromatic heterocycles. The Morgan fingerprint density at radius 1 is 1.00 bits per heavy atom. The van der Waals surface area contributed by atoms with Gasteiger partial charge in [-0.3, -0.25) is 0 Å². The zero-order valence-corrected chi connectivity index (χ0v) is 12.6. The lowest BCUT2D eigenvalue weighted by atomic mass is 9.97. The highest BCUT2D eigenvalue weighted by molar-refractivity contribution is 5.98. The number of hydrogen-bond acceptors (Lipinski definition) is 3. The summed E-state index contributed by atoms with van der Waals surface area (Å²) in [5, 5.41) is 0. The van der Waals surface area contributed by atoms with E-state index >= 15 is 0 Å². The summed E-state index contributed by atoms with van der Waals surface area (Å²) in [6.07, 6.45) is 5.53. The van der Waals surface area contributed by atoms with Gasteiger partial charge in [-0.05, 0) is 55.0 Å². The highest BCUT2D eigenvalue weighted by Gasteiger charge is 2.21. The molecule has 0 saturated heterocycles. The standard InChI is InChI=1S/C19H21NO2/c20-15-11-12-17(18(13-15)14-7-3-1-4-8-14)19(21)22-16-9-5-2-6-10-16/h1,3-4,7-8,11-13,16H,2,5-6,9-10,20H2. The lowest BCUT2D eigenvalue weighted by molar-refractivity contribution is 0.0212. The first-order chi connectivity index (χ1) is 10.7. The minimum absolute atomic E-state index is 0.0578. The first-order valence-corrected chi connectivity index (χ1v) is 7.90. The Kier molecular flexibility index (Phi) is 4.42. The Bertz CT molecular complexity index is 646. The van der Waals surface area contributed by atoms with E-state index in [2.05, 4.69) is 0 Å². The number of rotatable bonds is 3. The summed E-state index contributed by atoms with van der Waals surface area (Å²) in [5.74, 6) is -0.245. The fraction of sp³-hybridized carbons (Fsp3) is 0.316. The normalized spacial score (nSPS) is 15.5. The molecule has 22 heavy (non-hydrogen) atoms. The second-order valence-corrected chi connectivity index (χ2v) is 5.84. The molecule has 3 heteroatoms. The van der Waals surface area contributed by atoms with Crippen molar-refractivity contribution in [2.75, 3.05) is 5.73 Å². The van der Waals surface area contributed by atoms with Gasteiger partial charge in [0, 0.05) is 5.69 Å². The molecular formula is C19H21NO2. The fourth-order valence-electron chi connectivity index (χ4n) is 2.99. The number of esters is 1. The van der Waals surface area contributed by atoms with Crippen LogP contribution in [0.4, 0.5) is 5.69 Å². The summed E-state index contributed by atoms with van der Waals surface area (Å²) in [4.78, 5) is 12.6. The minimum Gasteiger partial charge on any atom is -0.459 e. The Morgan fingerprint density at radius 3 is 2.45 bits per heavy atom. The maximum Gasteiger partial charge on any atom is 0.339 e. The van der Waals surface area contributed by atoms with Crippen molar-refractivity contribution in [1.29, 1.82) is 0 Å². The summed E-state index contributed by atoms with van der Waals surface area (Å²) >= 11 is 0. The molecule has 114 valence electrons. The van der Waals surface area contributed by atoms with Gasteiger partial charge in [0.15, 0.2) is 0 Å². The molecule has 0 amide bonds. The average Bonchev–Trinajstić information content (AvgIpc) is 2.56. The van der Waals surface area contributed by atoms with Gasteiger partial charge in [0.05, 0.1) is 5.56 Å². The van der Waals surface area contributed by atoms with Crippen molar-refractivity contribution in [3.05, 3.63) is 54.1 Å². The van der Waals surface area contributed by atoms with Gasteiger partial charge in [-0.25, -0.2) is 4.79 Å². The number of nitrogen functional groups attached to an aromatic ring is 1. The van der Waals surface area contributed by atoms with E-state index < -0.39 is 0 Å². The van der Waals surface area contributed by atoms with Crippen LogP contribution in [0.3, 0.4) is 0 Å². The van der Waals surface area contributed by atoms with E-state index in [1.54, 1.807) is 12.1 Å². The quantitative estimate of drug-likeness (QED) is 0.673. The number of benzene rings is 2. The Morgan fingerprint density at radius 2 is 1.73 bits per heavy atom. The van der Waals surface area contributed by atoms with E-state index in [0.29, 0.717) is 11.3 Å². The fourth-order valence-corrected chi connectivity index (χ4v) is 2.99. The van der Waals surface area contributed by atoms with Crippen molar-refractivity contribution in [3.8, 4) is 11.1 Å². The number of carbonyl (C=O) groups is 1. The smallest absolute Gasteiger partial charge is 0.339 e. The highest BCUT2D eigenvalue weighted by atomic mass is 16.5. The van der Waals surface area contributed by atoms with Gasteiger partial charge in [0.2, 0.25) is 0 Å². The molecule has 2 aromatic carbocycles. The molecule has 0 aliphatic heterocycles. The summed E-state index contributed by atoms with van der Waals surface area (Å²) in [6.45, 7) is 0. The summed E-state index contributed by atoms with van der Waals surface area (Å²) in [5.41, 5.74) is 8.94. The molecule has 0 unspecified atom stereocenters. The molecule has 0 radical (unpaired) electrons. The van der Waals surface area contributed by atoms with Crippen LogP contribution in [-0.4, -0.2) is 12.1 Å². The largest absolute Gasteiger partial charge is 0.459 e. The predicted octanol–water partition coefficient (Wildman–Crippen LogP) is 4.43. The molecule has 2 N–H and O–H groups in total. The first-order valence-electron chi connectivity index (χ1n) is 7.90. The highest BCUT2D eigenvalue weighted by Crippen LogP contribution is 2.28. The van der Waals surface area contributed by atoms with Crippen molar-refractivity contribution in [2.45, 2.75) is 38.2 Å². The van der Waals surface area contributed by atoms with Crippen molar-refractivity contribution in [1.82, 2.24) is 0 Å². The third-order valence-corrected chi connectivity index (χ3v) is 4.17. The molecule has 2 aromatic rings. The lowest BCUT2D eigenvalue weighted by Crippen LogP contribution is -2.21. The van der Waals surface area contributed by atoms with E-state index in [4.69, 9.17) is 10.5 Å². The van der Waals surface area contributed by atoms with Crippen LogP contribution in [0.15, 0.2) is 48.5 Å². The van der Waals surface area contributed by atoms with Gasteiger partial charge in [0.1, 0.15) is 6.10 Å². The van der Waals surface area contributed by atoms with Crippen LogP contribution in [0.2, 0.25) is 0 Å². The molecule has 1 saturated carbocycles. The molecule has 0 bridgehead atoms. The predicted molar refractivity (Wildman–Crippen MR) is 88.6 cm³/mol. The zero-order chi connectivity index (χ0) is 15.4. The molecule has 0 heterocycles. The lowest BCUT2D eigenvalue weighted by Gasteiger charge is -2.22. The van der Waals surface area contributed by atoms with Gasteiger partial charge in [-0.15, -0.1) is 0 Å². The van der Waals surface area contributed by atoms with Crippen LogP contribution >= 0.6 is 0 Å². The summed E-state index contributed by atoms with van der Waals surface area (Å²) < 4.78 is 5.70. The average molecular weight is 295 g/mol. The number of ether oxygens (including phenoxy) is 1. The summed E-state index contributed by atoms with van der Waals surface area (Å²) in [7, 11) is 0. The zero-order valence-electron chi connectivity index (χ0n) is 12.6. The van der Waals surface area contributed by atoms with Gasteiger partial charge in [-0.1, -0.05) is 36.8 Å². The van der Waals surface area contributed by atoms with Crippen molar-refractivity contribution >= 4 is 11.7 Å². The van der Waals surface area contributed by atoms with E-state index in [9.17, 15) is 4.79 Å². The molecule has 3 nitrogen and oxygen atoms in total. The first kappa shape index (κ1) is 14.6. The molecule has 0 atom stereocenters. The second kappa shape index (κ2) is 6.65. The summed E-state index contributed by atoms with van der Waals surface area (Å²) in [6, 6.07) is 15.2. The third kappa shape index (κ3) is 3.30. The van der Waals surface area contributed by atoms with Gasteiger partial charge >= 0.3 is 5.97 Å². The number of nitrogens with two attached hydrogens (primary N) is 1. The number of carbonyl (C=O) groups excluding carboxylic acids is 1. The SMILES string of the molecule is Nc1ccc(C(=O)OC2CCCCC2)c(-c2ccccc2)c1. The van der Waals surface area contributed by atoms with Crippen molar-refractivity contribution in [3.63, 3.8) is 0 Å². The minimum atomic E-state index is -0.245. The van der Waals surface area contributed by atoms with Crippen LogP contribution in [0.25, 0.3) is 11.1 Å². The second-order valence-electron chi connectivity index (χ2n) is 5.84. The van der Waals surface area contributed by atoms with Crippen molar-refractivity contribution in [2.24, 2.45) is 0 Å². The van der Waals surface area contributed by atoms with Crippen LogP contribution in [0, 0.1) is 0 Å². The van der Waals surface area contributed by atoms with Crippen LogP contribution in [-0.2, 0) is 4.74 Å². The number of anilines is 1. The molecule has 1 aliphatic rings. The molecule has 3 rings (SSSR count). The van der Waals surface area contributed by atoms with E-state index in [0.717, 1.165) is 36.8 Å². The van der Waals surface area contributed by atoms with Crippen LogP contribution < -0.4 is 5.73 Å². The Labute approximate surface area is 131 Å². The third-order valence-electron chi connectivity index (χ3n) is 4.17. The molecular weight excluding hydrogens is 274 g/mol. The molecule has 1 fully saturated rings. The van der Waals surface area contributed by atoms with Crippen LogP contribution in [0.1, 0.15) is 42.5 Å². The Balaban J connectivity index is 1.88. The topological polar surface area (TPSA) is 52.3 Å². The van der Waals surface area contributed by atoms with Gasteiger partial charge in [0.25, 0.3) is 0 Å². The number of hydrogen-bond donors (Lipinski definition) is 1. The van der Waals surface area contributed by atoms with E-state index in [-0.39, 0.29) is 12.1 Å². The molecule has 1 aliphatic carbocycles. The monoisotopic (exact) mass is 295 g/mol. The van der Waals surface area contributed by atoms with E-state index in [1.165, 1.54) is 6.42 Å². The van der Waals surface area contributed by atoms with Gasteiger partial charge < -0.3 is 10.5 Å². The maximum atomic E-state index is 12.6. The van der Waals surface area contributed by atoms with Crippen LogP contribution in [0.5, 0.6) is 0 Å². The Hall–Kier alpha value is -2.29. The van der Waals surface area contributed by atoms with Gasteiger partial charge in [-0.2, -0.15) is 0 Å².